The molecule has 1 aliphatic heterocycles. The zero-order chi connectivity index (χ0) is 38.0. The Bertz CT molecular complexity index is 2650. The number of hydrogen-bond donors (Lipinski definition) is 0. The van der Waals surface area contributed by atoms with Gasteiger partial charge in [-0.15, -0.1) is 0 Å². The maximum absolute atomic E-state index is 6.61. The van der Waals surface area contributed by atoms with E-state index in [1.807, 2.05) is 0 Å². The summed E-state index contributed by atoms with van der Waals surface area (Å²) in [4.78, 5) is 2.34. The lowest BCUT2D eigenvalue weighted by Crippen LogP contribution is -2.34. The van der Waals surface area contributed by atoms with Crippen LogP contribution in [0.15, 0.2) is 237 Å². The van der Waals surface area contributed by atoms with Crippen LogP contribution in [0.5, 0.6) is 11.5 Å². The largest absolute Gasteiger partial charge is 0.457 e. The van der Waals surface area contributed by atoms with E-state index in [0.717, 1.165) is 45.3 Å². The minimum Gasteiger partial charge on any atom is -0.457 e. The molecule has 0 bridgehead atoms. The van der Waals surface area contributed by atoms with Crippen LogP contribution >= 0.6 is 0 Å². The summed E-state index contributed by atoms with van der Waals surface area (Å²) in [5, 5.41) is 0. The van der Waals surface area contributed by atoms with Crippen LogP contribution < -0.4 is 9.64 Å². The van der Waals surface area contributed by atoms with Crippen molar-refractivity contribution in [3.63, 3.8) is 0 Å². The fourth-order valence-electron chi connectivity index (χ4n) is 8.61. The molecule has 0 radical (unpaired) electrons. The summed E-state index contributed by atoms with van der Waals surface area (Å²) in [6, 6.07) is 84.7. The molecular formula is C55H39NO. The van der Waals surface area contributed by atoms with Gasteiger partial charge in [0, 0.05) is 28.2 Å². The van der Waals surface area contributed by atoms with Crippen LogP contribution in [-0.2, 0) is 5.41 Å². The molecule has 2 nitrogen and oxygen atoms in total. The molecule has 0 aromatic heterocycles. The van der Waals surface area contributed by atoms with Gasteiger partial charge < -0.3 is 9.64 Å². The molecule has 1 aliphatic rings. The number of ether oxygens (including phenoxy) is 1. The summed E-state index contributed by atoms with van der Waals surface area (Å²) in [6.07, 6.45) is 0. The van der Waals surface area contributed by atoms with Gasteiger partial charge in [0.25, 0.3) is 0 Å². The van der Waals surface area contributed by atoms with Crippen molar-refractivity contribution in [2.45, 2.75) is 5.41 Å². The van der Waals surface area contributed by atoms with Crippen LogP contribution in [0.1, 0.15) is 22.3 Å². The van der Waals surface area contributed by atoms with Gasteiger partial charge in [0.1, 0.15) is 11.5 Å². The molecule has 10 rings (SSSR count). The van der Waals surface area contributed by atoms with E-state index in [-0.39, 0.29) is 0 Å². The average molecular weight is 730 g/mol. The molecule has 1 heterocycles. The first kappa shape index (κ1) is 34.1. The van der Waals surface area contributed by atoms with E-state index >= 15 is 0 Å². The van der Waals surface area contributed by atoms with Crippen LogP contribution in [-0.4, -0.2) is 0 Å². The summed E-state index contributed by atoms with van der Waals surface area (Å²) in [6.45, 7) is 0. The van der Waals surface area contributed by atoms with Gasteiger partial charge in [-0.25, -0.2) is 0 Å². The number of rotatable bonds is 8. The van der Waals surface area contributed by atoms with Crippen molar-refractivity contribution in [1.29, 1.82) is 0 Å². The average Bonchev–Trinajstić information content (AvgIpc) is 3.30. The fraction of sp³-hybridized carbons (Fsp3) is 0.0182. The summed E-state index contributed by atoms with van der Waals surface area (Å²) in [7, 11) is 0. The Labute approximate surface area is 334 Å². The van der Waals surface area contributed by atoms with Crippen LogP contribution in [0.3, 0.4) is 0 Å². The minimum atomic E-state index is -0.616. The lowest BCUT2D eigenvalue weighted by molar-refractivity contribution is 0.434. The van der Waals surface area contributed by atoms with E-state index < -0.39 is 5.41 Å². The molecule has 0 amide bonds. The Morgan fingerprint density at radius 3 is 1.11 bits per heavy atom. The van der Waals surface area contributed by atoms with Gasteiger partial charge in [0.05, 0.1) is 5.41 Å². The molecule has 0 fully saturated rings. The monoisotopic (exact) mass is 729 g/mol. The minimum absolute atomic E-state index is 0.616. The number of benzene rings is 9. The quantitative estimate of drug-likeness (QED) is 0.154. The lowest BCUT2D eigenvalue weighted by atomic mass is 9.62. The Hall–Kier alpha value is -7.42. The normalized spacial score (nSPS) is 12.5. The highest BCUT2D eigenvalue weighted by molar-refractivity contribution is 5.83. The number of anilines is 3. The van der Waals surface area contributed by atoms with Crippen molar-refractivity contribution >= 4 is 17.1 Å². The molecule has 57 heavy (non-hydrogen) atoms. The van der Waals surface area contributed by atoms with Gasteiger partial charge in [-0.05, 0) is 93.0 Å². The molecule has 0 saturated heterocycles. The summed E-state index contributed by atoms with van der Waals surface area (Å²) < 4.78 is 6.61. The highest BCUT2D eigenvalue weighted by Gasteiger charge is 2.46. The molecule has 0 atom stereocenters. The van der Waals surface area contributed by atoms with E-state index in [9.17, 15) is 0 Å². The third-order valence-electron chi connectivity index (χ3n) is 11.2. The second-order valence-electron chi connectivity index (χ2n) is 14.5. The van der Waals surface area contributed by atoms with Gasteiger partial charge in [-0.1, -0.05) is 188 Å². The van der Waals surface area contributed by atoms with Crippen LogP contribution in [0.2, 0.25) is 0 Å². The van der Waals surface area contributed by atoms with Crippen LogP contribution in [0, 0.1) is 0 Å². The lowest BCUT2D eigenvalue weighted by Gasteiger charge is -2.42. The SMILES string of the molecule is c1ccc(-c2ccc(N(c3ccc(-c4ccccc4)cc3)c3ccc(-c4ccccc4C4(c5ccccc5)c5ccccc5Oc5ccccc54)cc3)cc2)cc1. The van der Waals surface area contributed by atoms with Crippen molar-refractivity contribution < 1.29 is 4.74 Å². The zero-order valence-corrected chi connectivity index (χ0v) is 31.4. The highest BCUT2D eigenvalue weighted by Crippen LogP contribution is 2.57. The predicted octanol–water partition coefficient (Wildman–Crippen LogP) is 14.6. The number of para-hydroxylation sites is 2. The molecule has 0 aliphatic carbocycles. The molecule has 9 aromatic carbocycles. The maximum atomic E-state index is 6.61. The van der Waals surface area contributed by atoms with Gasteiger partial charge in [-0.2, -0.15) is 0 Å². The Balaban J connectivity index is 1.10. The molecule has 270 valence electrons. The zero-order valence-electron chi connectivity index (χ0n) is 31.4. The summed E-state index contributed by atoms with van der Waals surface area (Å²) in [5.41, 5.74) is 14.4. The Kier molecular flexibility index (Phi) is 8.78. The van der Waals surface area contributed by atoms with Crippen LogP contribution in [0.4, 0.5) is 17.1 Å². The first-order chi connectivity index (χ1) is 28.3. The third-order valence-corrected chi connectivity index (χ3v) is 11.2. The first-order valence-corrected chi connectivity index (χ1v) is 19.5. The van der Waals surface area contributed by atoms with Gasteiger partial charge >= 0.3 is 0 Å². The van der Waals surface area contributed by atoms with Gasteiger partial charge in [-0.3, -0.25) is 0 Å². The van der Waals surface area contributed by atoms with Crippen molar-refractivity contribution in [2.75, 3.05) is 4.90 Å². The Morgan fingerprint density at radius 1 is 0.281 bits per heavy atom. The summed E-state index contributed by atoms with van der Waals surface area (Å²) >= 11 is 0. The van der Waals surface area contributed by atoms with Crippen molar-refractivity contribution in [3.8, 4) is 44.9 Å². The second-order valence-corrected chi connectivity index (χ2v) is 14.5. The number of hydrogen-bond acceptors (Lipinski definition) is 2. The topological polar surface area (TPSA) is 12.5 Å². The Morgan fingerprint density at radius 2 is 0.632 bits per heavy atom. The number of nitrogens with zero attached hydrogens (tertiary/aromatic N) is 1. The van der Waals surface area contributed by atoms with Crippen molar-refractivity contribution in [2.24, 2.45) is 0 Å². The standard InChI is InChI=1S/C55H39NO/c1-4-16-40(17-5-1)42-28-34-46(35-29-42)56(47-36-30-43(31-37-47)41-18-6-2-7-19-41)48-38-32-44(33-39-48)49-22-10-11-23-50(49)55(45-20-8-3-9-21-45)51-24-12-14-26-53(51)57-54-27-15-13-25-52(54)55/h1-39H. The smallest absolute Gasteiger partial charge is 0.132 e. The van der Waals surface area contributed by atoms with Gasteiger partial charge in [0.15, 0.2) is 0 Å². The molecule has 9 aromatic rings. The first-order valence-electron chi connectivity index (χ1n) is 19.5. The highest BCUT2D eigenvalue weighted by atomic mass is 16.5. The molecule has 0 unspecified atom stereocenters. The molecule has 0 N–H and O–H groups in total. The van der Waals surface area contributed by atoms with E-state index in [1.165, 1.54) is 38.9 Å². The van der Waals surface area contributed by atoms with Gasteiger partial charge in [0.2, 0.25) is 0 Å². The van der Waals surface area contributed by atoms with Crippen molar-refractivity contribution in [3.05, 3.63) is 259 Å². The van der Waals surface area contributed by atoms with E-state index in [0.29, 0.717) is 0 Å². The molecule has 0 saturated carbocycles. The van der Waals surface area contributed by atoms with E-state index in [2.05, 4.69) is 241 Å². The van der Waals surface area contributed by atoms with Crippen molar-refractivity contribution in [1.82, 2.24) is 0 Å². The molecular weight excluding hydrogens is 691 g/mol. The predicted molar refractivity (Wildman–Crippen MR) is 236 cm³/mol. The third kappa shape index (κ3) is 6.09. The number of fused-ring (bicyclic) bond motifs is 2. The fourth-order valence-corrected chi connectivity index (χ4v) is 8.61. The van der Waals surface area contributed by atoms with Crippen LogP contribution in [0.25, 0.3) is 33.4 Å². The molecule has 0 spiro atoms. The van der Waals surface area contributed by atoms with E-state index in [4.69, 9.17) is 4.74 Å². The maximum Gasteiger partial charge on any atom is 0.132 e. The second kappa shape index (κ2) is 14.7. The summed E-state index contributed by atoms with van der Waals surface area (Å²) in [5.74, 6) is 1.75. The molecule has 2 heteroatoms. The van der Waals surface area contributed by atoms with E-state index in [1.54, 1.807) is 0 Å².